The molecule has 0 radical (unpaired) electrons. The van der Waals surface area contributed by atoms with Crippen LogP contribution in [0.2, 0.25) is 0 Å². The van der Waals surface area contributed by atoms with Crippen molar-refractivity contribution in [2.75, 3.05) is 6.61 Å². The summed E-state index contributed by atoms with van der Waals surface area (Å²) in [5.74, 6) is -1.37. The van der Waals surface area contributed by atoms with Crippen LogP contribution < -0.4 is 0 Å². The maximum absolute atomic E-state index is 11.0. The van der Waals surface area contributed by atoms with Gasteiger partial charge in [0.05, 0.1) is 12.7 Å². The van der Waals surface area contributed by atoms with Crippen molar-refractivity contribution in [3.05, 3.63) is 11.6 Å². The van der Waals surface area contributed by atoms with E-state index in [9.17, 15) is 4.79 Å². The third kappa shape index (κ3) is 1.41. The number of carbonyl (C=O) groups is 1. The second kappa shape index (κ2) is 3.28. The highest BCUT2D eigenvalue weighted by atomic mass is 16.3. The SMILES string of the molecule is CC1=NC(=O)C(C#N)C(CO)=C1. The lowest BCUT2D eigenvalue weighted by Crippen LogP contribution is -2.21. The number of allylic oxidation sites excluding steroid dienone is 1. The fraction of sp³-hybridized carbons (Fsp3) is 0.375. The summed E-state index contributed by atoms with van der Waals surface area (Å²) in [6.45, 7) is 1.39. The molecule has 0 aromatic carbocycles. The molecule has 0 aliphatic carbocycles. The summed E-state index contributed by atoms with van der Waals surface area (Å²) >= 11 is 0. The molecule has 0 aromatic rings. The fourth-order valence-corrected chi connectivity index (χ4v) is 1.06. The minimum atomic E-state index is -0.890. The van der Waals surface area contributed by atoms with E-state index >= 15 is 0 Å². The summed E-state index contributed by atoms with van der Waals surface area (Å²) in [6.07, 6.45) is 1.56. The summed E-state index contributed by atoms with van der Waals surface area (Å²) in [4.78, 5) is 14.6. The van der Waals surface area contributed by atoms with Gasteiger partial charge in [0.25, 0.3) is 5.91 Å². The van der Waals surface area contributed by atoms with E-state index in [4.69, 9.17) is 10.4 Å². The second-order valence-corrected chi connectivity index (χ2v) is 2.53. The van der Waals surface area contributed by atoms with Crippen LogP contribution in [0.1, 0.15) is 6.92 Å². The summed E-state index contributed by atoms with van der Waals surface area (Å²) in [5, 5.41) is 17.4. The van der Waals surface area contributed by atoms with E-state index in [2.05, 4.69) is 4.99 Å². The van der Waals surface area contributed by atoms with Crippen molar-refractivity contribution in [3.63, 3.8) is 0 Å². The molecule has 0 saturated carbocycles. The number of hydrogen-bond donors (Lipinski definition) is 1. The number of aliphatic hydroxyl groups excluding tert-OH is 1. The Hall–Kier alpha value is -1.47. The first-order valence-corrected chi connectivity index (χ1v) is 3.49. The second-order valence-electron chi connectivity index (χ2n) is 2.53. The lowest BCUT2D eigenvalue weighted by molar-refractivity contribution is -0.119. The Morgan fingerprint density at radius 1 is 1.83 bits per heavy atom. The highest BCUT2D eigenvalue weighted by molar-refractivity contribution is 6.06. The van der Waals surface area contributed by atoms with Gasteiger partial charge in [0.1, 0.15) is 0 Å². The number of rotatable bonds is 1. The molecule has 0 aromatic heterocycles. The smallest absolute Gasteiger partial charge is 0.267 e. The number of nitrogens with zero attached hydrogens (tertiary/aromatic N) is 2. The Bertz CT molecular complexity index is 310. The molecule has 1 rings (SSSR count). The zero-order valence-corrected chi connectivity index (χ0v) is 6.61. The predicted molar refractivity (Wildman–Crippen MR) is 42.4 cm³/mol. The Kier molecular flexibility index (Phi) is 2.36. The average Bonchev–Trinajstić information content (AvgIpc) is 2.03. The number of amides is 1. The molecule has 62 valence electrons. The van der Waals surface area contributed by atoms with Crippen LogP contribution in [0.3, 0.4) is 0 Å². The summed E-state index contributed by atoms with van der Waals surface area (Å²) in [6, 6.07) is 1.79. The Balaban J connectivity index is 3.03. The zero-order valence-electron chi connectivity index (χ0n) is 6.61. The lowest BCUT2D eigenvalue weighted by Gasteiger charge is -2.12. The maximum atomic E-state index is 11.0. The fourth-order valence-electron chi connectivity index (χ4n) is 1.06. The van der Waals surface area contributed by atoms with Gasteiger partial charge in [0.15, 0.2) is 5.92 Å². The molecule has 1 amide bonds. The largest absolute Gasteiger partial charge is 0.392 e. The lowest BCUT2D eigenvalue weighted by atomic mass is 9.97. The summed E-state index contributed by atoms with van der Waals surface area (Å²) in [5.41, 5.74) is 0.963. The van der Waals surface area contributed by atoms with Crippen LogP contribution in [0.4, 0.5) is 0 Å². The first-order valence-electron chi connectivity index (χ1n) is 3.49. The van der Waals surface area contributed by atoms with E-state index in [1.807, 2.05) is 0 Å². The van der Waals surface area contributed by atoms with Gasteiger partial charge in [-0.05, 0) is 18.6 Å². The van der Waals surface area contributed by atoms with Crippen LogP contribution >= 0.6 is 0 Å². The van der Waals surface area contributed by atoms with Crippen LogP contribution in [-0.2, 0) is 4.79 Å². The standard InChI is InChI=1S/C8H8N2O2/c1-5-2-6(4-11)7(3-9)8(12)10-5/h2,7,11H,4H2,1H3. The van der Waals surface area contributed by atoms with Crippen molar-refractivity contribution in [1.29, 1.82) is 5.26 Å². The van der Waals surface area contributed by atoms with Crippen molar-refractivity contribution in [2.45, 2.75) is 6.92 Å². The van der Waals surface area contributed by atoms with Gasteiger partial charge in [0, 0.05) is 5.71 Å². The van der Waals surface area contributed by atoms with Crippen molar-refractivity contribution in [1.82, 2.24) is 0 Å². The van der Waals surface area contributed by atoms with Gasteiger partial charge in [0.2, 0.25) is 0 Å². The molecule has 12 heavy (non-hydrogen) atoms. The molecule has 4 heteroatoms. The van der Waals surface area contributed by atoms with E-state index in [0.717, 1.165) is 0 Å². The normalized spacial score (nSPS) is 22.8. The molecular formula is C8H8N2O2. The van der Waals surface area contributed by atoms with E-state index < -0.39 is 11.8 Å². The third-order valence-corrected chi connectivity index (χ3v) is 1.61. The van der Waals surface area contributed by atoms with Crippen molar-refractivity contribution >= 4 is 11.6 Å². The van der Waals surface area contributed by atoms with Gasteiger partial charge < -0.3 is 5.11 Å². The van der Waals surface area contributed by atoms with Gasteiger partial charge in [-0.25, -0.2) is 4.99 Å². The van der Waals surface area contributed by atoms with Gasteiger partial charge in [-0.3, -0.25) is 4.79 Å². The van der Waals surface area contributed by atoms with Gasteiger partial charge in [-0.15, -0.1) is 0 Å². The number of aliphatic imine (C=N–C) groups is 1. The summed E-state index contributed by atoms with van der Waals surface area (Å²) in [7, 11) is 0. The van der Waals surface area contributed by atoms with E-state index in [-0.39, 0.29) is 6.61 Å². The van der Waals surface area contributed by atoms with E-state index in [1.165, 1.54) is 0 Å². The maximum Gasteiger partial charge on any atom is 0.267 e. The number of nitriles is 1. The molecule has 0 fully saturated rings. The minimum Gasteiger partial charge on any atom is -0.392 e. The minimum absolute atomic E-state index is 0.267. The van der Waals surface area contributed by atoms with Crippen molar-refractivity contribution in [3.8, 4) is 6.07 Å². The van der Waals surface area contributed by atoms with Crippen LogP contribution in [0.5, 0.6) is 0 Å². The monoisotopic (exact) mass is 164 g/mol. The summed E-state index contributed by atoms with van der Waals surface area (Å²) < 4.78 is 0. The number of carbonyl (C=O) groups excluding carboxylic acids is 1. The molecule has 1 aliphatic rings. The molecule has 0 spiro atoms. The molecule has 0 saturated heterocycles. The van der Waals surface area contributed by atoms with Gasteiger partial charge >= 0.3 is 0 Å². The van der Waals surface area contributed by atoms with Gasteiger partial charge in [-0.1, -0.05) is 0 Å². The van der Waals surface area contributed by atoms with Crippen LogP contribution in [-0.4, -0.2) is 23.3 Å². The van der Waals surface area contributed by atoms with Crippen molar-refractivity contribution in [2.24, 2.45) is 10.9 Å². The van der Waals surface area contributed by atoms with E-state index in [1.54, 1.807) is 19.1 Å². The number of aliphatic hydroxyl groups is 1. The van der Waals surface area contributed by atoms with Gasteiger partial charge in [-0.2, -0.15) is 5.26 Å². The zero-order chi connectivity index (χ0) is 9.14. The highest BCUT2D eigenvalue weighted by Gasteiger charge is 2.24. The third-order valence-electron chi connectivity index (χ3n) is 1.61. The molecular weight excluding hydrogens is 156 g/mol. The quantitative estimate of drug-likeness (QED) is 0.594. The molecule has 1 heterocycles. The van der Waals surface area contributed by atoms with Crippen LogP contribution in [0.25, 0.3) is 0 Å². The number of dihydropyridines is 1. The van der Waals surface area contributed by atoms with Crippen LogP contribution in [0.15, 0.2) is 16.6 Å². The molecule has 1 unspecified atom stereocenters. The molecule has 0 bridgehead atoms. The first-order chi connectivity index (χ1) is 5.69. The molecule has 4 nitrogen and oxygen atoms in total. The Labute approximate surface area is 69.8 Å². The Morgan fingerprint density at radius 2 is 2.50 bits per heavy atom. The topological polar surface area (TPSA) is 73.5 Å². The molecule has 1 N–H and O–H groups in total. The average molecular weight is 164 g/mol. The van der Waals surface area contributed by atoms with Crippen LogP contribution in [0, 0.1) is 17.2 Å². The van der Waals surface area contributed by atoms with E-state index in [0.29, 0.717) is 11.3 Å². The molecule has 1 atom stereocenters. The first kappa shape index (κ1) is 8.62. The highest BCUT2D eigenvalue weighted by Crippen LogP contribution is 2.16. The molecule has 1 aliphatic heterocycles. The van der Waals surface area contributed by atoms with Crippen molar-refractivity contribution < 1.29 is 9.90 Å². The predicted octanol–water partition coefficient (Wildman–Crippen LogP) is 0.0460. The number of hydrogen-bond acceptors (Lipinski definition) is 3. The Morgan fingerprint density at radius 3 is 3.00 bits per heavy atom.